The Balaban J connectivity index is 2.67. The van der Waals surface area contributed by atoms with E-state index in [0.29, 0.717) is 17.9 Å². The Morgan fingerprint density at radius 1 is 1.46 bits per heavy atom. The minimum absolute atomic E-state index is 0.212. The molecule has 0 saturated heterocycles. The zero-order valence-electron chi connectivity index (χ0n) is 6.72. The van der Waals surface area contributed by atoms with Crippen LogP contribution in [0.15, 0.2) is 23.5 Å². The van der Waals surface area contributed by atoms with Crippen LogP contribution in [-0.4, -0.2) is 25.0 Å². The minimum atomic E-state index is -0.212. The molecule has 0 unspecified atom stereocenters. The van der Waals surface area contributed by atoms with Crippen molar-refractivity contribution >= 4 is 17.1 Å². The molecule has 0 radical (unpaired) electrons. The number of nitrogens with zero attached hydrogens (tertiary/aromatic N) is 4. The van der Waals surface area contributed by atoms with Gasteiger partial charge in [0.15, 0.2) is 0 Å². The molecular formula is C7H7ClN4O. The number of halogens is 1. The van der Waals surface area contributed by atoms with Crippen molar-refractivity contribution in [1.82, 2.24) is 19.2 Å². The second-order valence-corrected chi connectivity index (χ2v) is 2.91. The summed E-state index contributed by atoms with van der Waals surface area (Å²) in [4.78, 5) is 15.4. The van der Waals surface area contributed by atoms with E-state index in [0.717, 1.165) is 0 Å². The predicted octanol–water partition coefficient (Wildman–Crippen LogP) is 0.130. The highest BCUT2D eigenvalue weighted by Crippen LogP contribution is 1.93. The Hall–Kier alpha value is -1.36. The van der Waals surface area contributed by atoms with Crippen LogP contribution in [-0.2, 0) is 6.54 Å². The maximum absolute atomic E-state index is 11.5. The Morgan fingerprint density at radius 2 is 2.31 bits per heavy atom. The lowest BCUT2D eigenvalue weighted by molar-refractivity contribution is 0.590. The van der Waals surface area contributed by atoms with Crippen LogP contribution in [0.1, 0.15) is 0 Å². The van der Waals surface area contributed by atoms with E-state index in [9.17, 15) is 4.79 Å². The van der Waals surface area contributed by atoms with Crippen molar-refractivity contribution in [2.75, 3.05) is 5.88 Å². The van der Waals surface area contributed by atoms with Gasteiger partial charge in [0.1, 0.15) is 6.33 Å². The van der Waals surface area contributed by atoms with Gasteiger partial charge >= 0.3 is 5.69 Å². The van der Waals surface area contributed by atoms with Gasteiger partial charge in [0.05, 0.1) is 24.5 Å². The third-order valence-electron chi connectivity index (χ3n) is 1.72. The molecule has 0 aromatic carbocycles. The molecule has 0 saturated carbocycles. The van der Waals surface area contributed by atoms with E-state index in [4.69, 9.17) is 11.6 Å². The van der Waals surface area contributed by atoms with Gasteiger partial charge in [0, 0.05) is 5.88 Å². The third-order valence-corrected chi connectivity index (χ3v) is 1.89. The number of rotatable bonds is 2. The molecule has 0 spiro atoms. The lowest BCUT2D eigenvalue weighted by Crippen LogP contribution is -2.28. The van der Waals surface area contributed by atoms with Gasteiger partial charge in [0.25, 0.3) is 0 Å². The van der Waals surface area contributed by atoms with Crippen LogP contribution in [0.25, 0.3) is 5.52 Å². The van der Waals surface area contributed by atoms with Crippen LogP contribution in [0, 0.1) is 0 Å². The normalized spacial score (nSPS) is 10.8. The molecule has 0 bridgehead atoms. The summed E-state index contributed by atoms with van der Waals surface area (Å²) in [5.41, 5.74) is 0.478. The molecule has 2 heterocycles. The largest absolute Gasteiger partial charge is 0.350 e. The number of imidazole rings is 1. The van der Waals surface area contributed by atoms with Crippen molar-refractivity contribution in [2.24, 2.45) is 0 Å². The van der Waals surface area contributed by atoms with E-state index in [1.807, 2.05) is 0 Å². The van der Waals surface area contributed by atoms with Gasteiger partial charge in [-0.25, -0.2) is 18.9 Å². The van der Waals surface area contributed by atoms with E-state index in [-0.39, 0.29) is 5.69 Å². The fourth-order valence-electron chi connectivity index (χ4n) is 1.10. The number of hydrogen-bond donors (Lipinski definition) is 0. The molecule has 0 aliphatic carbocycles. The zero-order chi connectivity index (χ0) is 9.26. The molecule has 0 atom stereocenters. The SMILES string of the molecule is O=c1n(CCCl)ncc2cncn12. The highest BCUT2D eigenvalue weighted by Gasteiger charge is 2.01. The van der Waals surface area contributed by atoms with Crippen molar-refractivity contribution in [3.63, 3.8) is 0 Å². The van der Waals surface area contributed by atoms with Crippen LogP contribution in [0.2, 0.25) is 0 Å². The van der Waals surface area contributed by atoms with E-state index in [1.54, 1.807) is 12.4 Å². The quantitative estimate of drug-likeness (QED) is 0.645. The average Bonchev–Trinajstić information content (AvgIpc) is 2.58. The second-order valence-electron chi connectivity index (χ2n) is 2.53. The number of alkyl halides is 1. The van der Waals surface area contributed by atoms with Crippen LogP contribution >= 0.6 is 11.6 Å². The predicted molar refractivity (Wildman–Crippen MR) is 48.0 cm³/mol. The van der Waals surface area contributed by atoms with Crippen LogP contribution < -0.4 is 5.69 Å². The van der Waals surface area contributed by atoms with Gasteiger partial charge in [-0.2, -0.15) is 5.10 Å². The summed E-state index contributed by atoms with van der Waals surface area (Å²) in [5, 5.41) is 3.93. The zero-order valence-corrected chi connectivity index (χ0v) is 7.48. The Kier molecular flexibility index (Phi) is 2.02. The fraction of sp³-hybridized carbons (Fsp3) is 0.286. The smallest absolute Gasteiger partial charge is 0.248 e. The first-order chi connectivity index (χ1) is 6.33. The average molecular weight is 199 g/mol. The first kappa shape index (κ1) is 8.25. The maximum Gasteiger partial charge on any atom is 0.350 e. The van der Waals surface area contributed by atoms with Crippen molar-refractivity contribution in [3.05, 3.63) is 29.2 Å². The molecule has 0 N–H and O–H groups in total. The van der Waals surface area contributed by atoms with Gasteiger partial charge in [0.2, 0.25) is 0 Å². The summed E-state index contributed by atoms with van der Waals surface area (Å²) < 4.78 is 2.74. The van der Waals surface area contributed by atoms with E-state index < -0.39 is 0 Å². The molecule has 0 aliphatic rings. The highest BCUT2D eigenvalue weighted by atomic mass is 35.5. The molecule has 13 heavy (non-hydrogen) atoms. The molecule has 68 valence electrons. The molecule has 5 nitrogen and oxygen atoms in total. The second kappa shape index (κ2) is 3.18. The summed E-state index contributed by atoms with van der Waals surface area (Å²) in [5.74, 6) is 0.368. The standard InChI is InChI=1S/C7H7ClN4O/c8-1-2-12-7(13)11-5-9-3-6(11)4-10-12/h3-5H,1-2H2. The van der Waals surface area contributed by atoms with Gasteiger partial charge in [-0.3, -0.25) is 0 Å². The monoisotopic (exact) mass is 198 g/mol. The first-order valence-corrected chi connectivity index (χ1v) is 4.30. The summed E-state index contributed by atoms with van der Waals surface area (Å²) >= 11 is 5.51. The molecule has 6 heteroatoms. The number of hydrogen-bond acceptors (Lipinski definition) is 3. The number of aryl methyl sites for hydroxylation is 1. The minimum Gasteiger partial charge on any atom is -0.248 e. The van der Waals surface area contributed by atoms with Crippen molar-refractivity contribution < 1.29 is 0 Å². The van der Waals surface area contributed by atoms with Crippen molar-refractivity contribution in [1.29, 1.82) is 0 Å². The number of fused-ring (bicyclic) bond motifs is 1. The first-order valence-electron chi connectivity index (χ1n) is 3.77. The third kappa shape index (κ3) is 1.31. The Morgan fingerprint density at radius 3 is 3.08 bits per heavy atom. The van der Waals surface area contributed by atoms with Gasteiger partial charge in [-0.15, -0.1) is 11.6 Å². The van der Waals surface area contributed by atoms with Gasteiger partial charge in [-0.05, 0) is 0 Å². The molecule has 0 amide bonds. The van der Waals surface area contributed by atoms with E-state index in [1.165, 1.54) is 15.4 Å². The Labute approximate surface area is 78.6 Å². The summed E-state index contributed by atoms with van der Waals surface area (Å²) in [7, 11) is 0. The van der Waals surface area contributed by atoms with Crippen LogP contribution in [0.4, 0.5) is 0 Å². The van der Waals surface area contributed by atoms with Gasteiger partial charge < -0.3 is 0 Å². The lowest BCUT2D eigenvalue weighted by atomic mass is 10.6. The molecule has 2 aromatic heterocycles. The topological polar surface area (TPSA) is 52.2 Å². The maximum atomic E-state index is 11.5. The van der Waals surface area contributed by atoms with Gasteiger partial charge in [-0.1, -0.05) is 0 Å². The lowest BCUT2D eigenvalue weighted by Gasteiger charge is -2.00. The number of aromatic nitrogens is 4. The van der Waals surface area contributed by atoms with Crippen molar-refractivity contribution in [2.45, 2.75) is 6.54 Å². The summed E-state index contributed by atoms with van der Waals surface area (Å²) in [6, 6.07) is 0. The summed E-state index contributed by atoms with van der Waals surface area (Å²) in [6.07, 6.45) is 4.63. The molecule has 0 aliphatic heterocycles. The molecular weight excluding hydrogens is 192 g/mol. The van der Waals surface area contributed by atoms with E-state index >= 15 is 0 Å². The Bertz CT molecular complexity index is 475. The fourth-order valence-corrected chi connectivity index (χ4v) is 1.26. The van der Waals surface area contributed by atoms with Crippen LogP contribution in [0.3, 0.4) is 0 Å². The molecule has 2 rings (SSSR count). The molecule has 2 aromatic rings. The van der Waals surface area contributed by atoms with Crippen LogP contribution in [0.5, 0.6) is 0 Å². The highest BCUT2D eigenvalue weighted by molar-refractivity contribution is 6.17. The summed E-state index contributed by atoms with van der Waals surface area (Å²) in [6.45, 7) is 0.411. The van der Waals surface area contributed by atoms with Crippen molar-refractivity contribution in [3.8, 4) is 0 Å². The molecule has 0 fully saturated rings. The van der Waals surface area contributed by atoms with E-state index in [2.05, 4.69) is 10.1 Å².